The number of allylic oxidation sites excluding steroid dienone is 2. The van der Waals surface area contributed by atoms with Gasteiger partial charge in [-0.15, -0.1) is 0 Å². The van der Waals surface area contributed by atoms with Gasteiger partial charge in [0.05, 0.1) is 13.2 Å². The average molecular weight is 185 g/mol. The third-order valence-electron chi connectivity index (χ3n) is 2.58. The molecule has 0 amide bonds. The molecule has 0 heterocycles. The quantitative estimate of drug-likeness (QED) is 0.630. The maximum Gasteiger partial charge on any atom is 0.122 e. The molecule has 0 spiro atoms. The minimum Gasteiger partial charge on any atom is -0.496 e. The van der Waals surface area contributed by atoms with Crippen molar-refractivity contribution in [2.75, 3.05) is 7.11 Å². The third-order valence-corrected chi connectivity index (χ3v) is 2.58. The van der Waals surface area contributed by atoms with Gasteiger partial charge in [-0.25, -0.2) is 0 Å². The average Bonchev–Trinajstić information content (AvgIpc) is 2.62. The van der Waals surface area contributed by atoms with Crippen molar-refractivity contribution in [3.63, 3.8) is 0 Å². The SMILES string of the molecule is COc1cccc2c1CCC2=CC#N. The predicted molar refractivity (Wildman–Crippen MR) is 54.9 cm³/mol. The first-order valence-corrected chi connectivity index (χ1v) is 4.61. The molecule has 0 unspecified atom stereocenters. The highest BCUT2D eigenvalue weighted by Crippen LogP contribution is 2.37. The molecule has 2 heteroatoms. The molecule has 0 N–H and O–H groups in total. The van der Waals surface area contributed by atoms with Gasteiger partial charge in [-0.3, -0.25) is 0 Å². The molecular formula is C12H11NO. The predicted octanol–water partition coefficient (Wildman–Crippen LogP) is 2.55. The van der Waals surface area contributed by atoms with Crippen LogP contribution in [-0.4, -0.2) is 7.11 Å². The van der Waals surface area contributed by atoms with E-state index in [0.29, 0.717) is 0 Å². The van der Waals surface area contributed by atoms with E-state index >= 15 is 0 Å². The Hall–Kier alpha value is -1.75. The lowest BCUT2D eigenvalue weighted by Crippen LogP contribution is -1.89. The summed E-state index contributed by atoms with van der Waals surface area (Å²) in [6.07, 6.45) is 3.56. The Morgan fingerprint density at radius 3 is 3.00 bits per heavy atom. The maximum absolute atomic E-state index is 8.62. The minimum absolute atomic E-state index is 0.934. The second kappa shape index (κ2) is 3.55. The summed E-state index contributed by atoms with van der Waals surface area (Å²) in [5.74, 6) is 0.934. The highest BCUT2D eigenvalue weighted by molar-refractivity contribution is 5.75. The van der Waals surface area contributed by atoms with Crippen LogP contribution in [0.25, 0.3) is 5.57 Å². The van der Waals surface area contributed by atoms with Crippen LogP contribution in [-0.2, 0) is 6.42 Å². The molecule has 0 aromatic heterocycles. The smallest absolute Gasteiger partial charge is 0.122 e. The van der Waals surface area contributed by atoms with E-state index in [0.717, 1.165) is 24.2 Å². The second-order valence-electron chi connectivity index (χ2n) is 3.29. The van der Waals surface area contributed by atoms with Crippen molar-refractivity contribution in [3.05, 3.63) is 35.4 Å². The zero-order valence-electron chi connectivity index (χ0n) is 8.08. The van der Waals surface area contributed by atoms with Gasteiger partial charge in [0.15, 0.2) is 0 Å². The van der Waals surface area contributed by atoms with E-state index in [1.165, 1.54) is 11.1 Å². The number of rotatable bonds is 1. The van der Waals surface area contributed by atoms with Crippen molar-refractivity contribution in [1.82, 2.24) is 0 Å². The Labute approximate surface area is 83.4 Å². The first kappa shape index (κ1) is 8.83. The number of hydrogen-bond acceptors (Lipinski definition) is 2. The summed E-state index contributed by atoms with van der Waals surface area (Å²) in [5, 5.41) is 8.62. The molecule has 2 nitrogen and oxygen atoms in total. The van der Waals surface area contributed by atoms with Gasteiger partial charge in [-0.05, 0) is 30.0 Å². The highest BCUT2D eigenvalue weighted by Gasteiger charge is 2.18. The van der Waals surface area contributed by atoms with Gasteiger partial charge >= 0.3 is 0 Å². The standard InChI is InChI=1S/C12H11NO/c1-14-12-4-2-3-10-9(7-8-13)5-6-11(10)12/h2-4,7H,5-6H2,1H3. The summed E-state index contributed by atoms with van der Waals surface area (Å²) in [5.41, 5.74) is 3.53. The Morgan fingerprint density at radius 1 is 1.43 bits per heavy atom. The van der Waals surface area contributed by atoms with Crippen LogP contribution in [0.2, 0.25) is 0 Å². The van der Waals surface area contributed by atoms with Crippen LogP contribution in [0, 0.1) is 11.3 Å². The van der Waals surface area contributed by atoms with Crippen LogP contribution in [0.4, 0.5) is 0 Å². The van der Waals surface area contributed by atoms with Crippen molar-refractivity contribution in [3.8, 4) is 11.8 Å². The van der Waals surface area contributed by atoms with Crippen molar-refractivity contribution in [2.24, 2.45) is 0 Å². The number of hydrogen-bond donors (Lipinski definition) is 0. The number of methoxy groups -OCH3 is 1. The zero-order chi connectivity index (χ0) is 9.97. The molecule has 0 radical (unpaired) electrons. The van der Waals surface area contributed by atoms with Gasteiger partial charge < -0.3 is 4.74 Å². The van der Waals surface area contributed by atoms with Gasteiger partial charge in [0.2, 0.25) is 0 Å². The van der Waals surface area contributed by atoms with Gasteiger partial charge in [0.25, 0.3) is 0 Å². The molecule has 0 atom stereocenters. The molecule has 1 aromatic carbocycles. The molecule has 0 saturated carbocycles. The summed E-state index contributed by atoms with van der Waals surface area (Å²) in [7, 11) is 1.68. The van der Waals surface area contributed by atoms with Crippen molar-refractivity contribution < 1.29 is 4.74 Å². The van der Waals surface area contributed by atoms with Crippen LogP contribution >= 0.6 is 0 Å². The summed E-state index contributed by atoms with van der Waals surface area (Å²) < 4.78 is 5.27. The van der Waals surface area contributed by atoms with Crippen LogP contribution in [0.1, 0.15) is 17.5 Å². The van der Waals surface area contributed by atoms with Gasteiger partial charge in [-0.1, -0.05) is 12.1 Å². The molecular weight excluding hydrogens is 174 g/mol. The monoisotopic (exact) mass is 185 g/mol. The van der Waals surface area contributed by atoms with Gasteiger partial charge in [0, 0.05) is 11.6 Å². The van der Waals surface area contributed by atoms with E-state index in [2.05, 4.69) is 6.07 Å². The first-order chi connectivity index (χ1) is 6.86. The zero-order valence-corrected chi connectivity index (χ0v) is 8.08. The normalized spacial score (nSPS) is 16.4. The lowest BCUT2D eigenvalue weighted by Gasteiger charge is -2.05. The Balaban J connectivity index is 2.53. The number of benzene rings is 1. The minimum atomic E-state index is 0.934. The van der Waals surface area contributed by atoms with Gasteiger partial charge in [-0.2, -0.15) is 5.26 Å². The van der Waals surface area contributed by atoms with E-state index in [1.54, 1.807) is 13.2 Å². The fourth-order valence-electron chi connectivity index (χ4n) is 1.94. The first-order valence-electron chi connectivity index (χ1n) is 4.61. The molecule has 1 aliphatic rings. The van der Waals surface area contributed by atoms with Crippen molar-refractivity contribution >= 4 is 5.57 Å². The summed E-state index contributed by atoms with van der Waals surface area (Å²) in [4.78, 5) is 0. The number of nitrogens with zero attached hydrogens (tertiary/aromatic N) is 1. The third kappa shape index (κ3) is 1.27. The molecule has 0 saturated heterocycles. The fourth-order valence-corrected chi connectivity index (χ4v) is 1.94. The molecule has 1 aromatic rings. The molecule has 1 aliphatic carbocycles. The van der Waals surface area contributed by atoms with E-state index in [4.69, 9.17) is 10.00 Å². The molecule has 0 fully saturated rings. The molecule has 0 bridgehead atoms. The summed E-state index contributed by atoms with van der Waals surface area (Å²) in [6.45, 7) is 0. The Morgan fingerprint density at radius 2 is 2.29 bits per heavy atom. The lowest BCUT2D eigenvalue weighted by molar-refractivity contribution is 0.410. The summed E-state index contributed by atoms with van der Waals surface area (Å²) in [6, 6.07) is 8.07. The second-order valence-corrected chi connectivity index (χ2v) is 3.29. The number of nitriles is 1. The maximum atomic E-state index is 8.62. The van der Waals surface area contributed by atoms with Crippen LogP contribution in [0.5, 0.6) is 5.75 Å². The molecule has 70 valence electrons. The fraction of sp³-hybridized carbons (Fsp3) is 0.250. The topological polar surface area (TPSA) is 33.0 Å². The van der Waals surface area contributed by atoms with E-state index in [-0.39, 0.29) is 0 Å². The van der Waals surface area contributed by atoms with E-state index in [1.807, 2.05) is 18.2 Å². The lowest BCUT2D eigenvalue weighted by atomic mass is 10.1. The van der Waals surface area contributed by atoms with Crippen molar-refractivity contribution in [2.45, 2.75) is 12.8 Å². The highest BCUT2D eigenvalue weighted by atomic mass is 16.5. The number of fused-ring (bicyclic) bond motifs is 1. The van der Waals surface area contributed by atoms with Crippen molar-refractivity contribution in [1.29, 1.82) is 5.26 Å². The van der Waals surface area contributed by atoms with E-state index in [9.17, 15) is 0 Å². The number of ether oxygens (including phenoxy) is 1. The van der Waals surface area contributed by atoms with Crippen LogP contribution < -0.4 is 4.74 Å². The Kier molecular flexibility index (Phi) is 2.24. The van der Waals surface area contributed by atoms with Crippen LogP contribution in [0.15, 0.2) is 24.3 Å². The molecule has 2 rings (SSSR count). The van der Waals surface area contributed by atoms with E-state index < -0.39 is 0 Å². The summed E-state index contributed by atoms with van der Waals surface area (Å²) >= 11 is 0. The van der Waals surface area contributed by atoms with Gasteiger partial charge in [0.1, 0.15) is 5.75 Å². The van der Waals surface area contributed by atoms with Crippen LogP contribution in [0.3, 0.4) is 0 Å². The Bertz CT molecular complexity index is 426. The molecule has 14 heavy (non-hydrogen) atoms. The molecule has 0 aliphatic heterocycles. The largest absolute Gasteiger partial charge is 0.496 e.